The smallest absolute Gasteiger partial charge is 0.211 e. The number of piperidine rings is 1. The largest absolute Gasteiger partial charge is 0.323 e. The van der Waals surface area contributed by atoms with E-state index in [-0.39, 0.29) is 6.04 Å². The molecule has 1 fully saturated rings. The molecule has 0 spiro atoms. The highest BCUT2D eigenvalue weighted by Gasteiger charge is 2.27. The fourth-order valence-corrected chi connectivity index (χ4v) is 3.78. The van der Waals surface area contributed by atoms with Crippen molar-refractivity contribution in [3.8, 4) is 0 Å². The Morgan fingerprint density at radius 2 is 2.30 bits per heavy atom. The maximum Gasteiger partial charge on any atom is 0.211 e. The number of sulfonamides is 1. The van der Waals surface area contributed by atoms with Crippen LogP contribution in [0.25, 0.3) is 0 Å². The molecule has 7 heteroatoms. The SMILES string of the molecule is CS(=O)(=O)N1CCCC(CC(N)c2ccc(Br)cn2)C1. The second-order valence-corrected chi connectivity index (χ2v) is 8.27. The van der Waals surface area contributed by atoms with E-state index in [2.05, 4.69) is 20.9 Å². The minimum Gasteiger partial charge on any atom is -0.323 e. The van der Waals surface area contributed by atoms with Gasteiger partial charge in [0.1, 0.15) is 0 Å². The molecule has 1 saturated heterocycles. The van der Waals surface area contributed by atoms with E-state index in [1.165, 1.54) is 6.26 Å². The van der Waals surface area contributed by atoms with Crippen molar-refractivity contribution in [1.29, 1.82) is 0 Å². The molecule has 1 aliphatic rings. The summed E-state index contributed by atoms with van der Waals surface area (Å²) in [5.74, 6) is 0.305. The van der Waals surface area contributed by atoms with Crippen molar-refractivity contribution in [2.75, 3.05) is 19.3 Å². The van der Waals surface area contributed by atoms with Gasteiger partial charge in [0.05, 0.1) is 11.9 Å². The summed E-state index contributed by atoms with van der Waals surface area (Å²) in [6.45, 7) is 1.20. The highest BCUT2D eigenvalue weighted by Crippen LogP contribution is 2.26. The highest BCUT2D eigenvalue weighted by molar-refractivity contribution is 9.10. The molecule has 20 heavy (non-hydrogen) atoms. The van der Waals surface area contributed by atoms with E-state index in [9.17, 15) is 8.42 Å². The number of nitrogens with zero attached hydrogens (tertiary/aromatic N) is 2. The molecule has 2 N–H and O–H groups in total. The summed E-state index contributed by atoms with van der Waals surface area (Å²) in [5, 5.41) is 0. The quantitative estimate of drug-likeness (QED) is 0.888. The fraction of sp³-hybridized carbons (Fsp3) is 0.615. The Bertz CT molecular complexity index is 547. The first kappa shape index (κ1) is 15.9. The van der Waals surface area contributed by atoms with Gasteiger partial charge >= 0.3 is 0 Å². The number of pyridine rings is 1. The van der Waals surface area contributed by atoms with Gasteiger partial charge in [-0.25, -0.2) is 12.7 Å². The third-order valence-corrected chi connectivity index (χ3v) is 5.41. The molecule has 0 amide bonds. The molecule has 112 valence electrons. The van der Waals surface area contributed by atoms with Crippen LogP contribution in [0, 0.1) is 5.92 Å². The van der Waals surface area contributed by atoms with Crippen molar-refractivity contribution >= 4 is 26.0 Å². The zero-order valence-electron chi connectivity index (χ0n) is 11.5. The molecule has 0 bridgehead atoms. The van der Waals surface area contributed by atoms with Crippen LogP contribution in [0.4, 0.5) is 0 Å². The van der Waals surface area contributed by atoms with Gasteiger partial charge in [0.15, 0.2) is 0 Å². The van der Waals surface area contributed by atoms with Gasteiger partial charge in [0.25, 0.3) is 0 Å². The fourth-order valence-electron chi connectivity index (χ4n) is 2.61. The first-order valence-electron chi connectivity index (χ1n) is 6.68. The molecule has 1 aliphatic heterocycles. The van der Waals surface area contributed by atoms with Crippen LogP contribution in [-0.2, 0) is 10.0 Å². The van der Waals surface area contributed by atoms with Crippen LogP contribution in [0.5, 0.6) is 0 Å². The zero-order chi connectivity index (χ0) is 14.8. The molecule has 0 radical (unpaired) electrons. The van der Waals surface area contributed by atoms with E-state index >= 15 is 0 Å². The molecule has 2 unspecified atom stereocenters. The molecule has 2 atom stereocenters. The Labute approximate surface area is 128 Å². The summed E-state index contributed by atoms with van der Waals surface area (Å²) in [6.07, 6.45) is 5.69. The summed E-state index contributed by atoms with van der Waals surface area (Å²) >= 11 is 3.35. The van der Waals surface area contributed by atoms with Crippen molar-refractivity contribution in [2.24, 2.45) is 11.7 Å². The second-order valence-electron chi connectivity index (χ2n) is 5.37. The van der Waals surface area contributed by atoms with Gasteiger partial charge in [-0.2, -0.15) is 0 Å². The lowest BCUT2D eigenvalue weighted by molar-refractivity contribution is 0.246. The number of hydrogen-bond acceptors (Lipinski definition) is 4. The van der Waals surface area contributed by atoms with E-state index in [0.717, 1.165) is 29.4 Å². The van der Waals surface area contributed by atoms with Crippen LogP contribution < -0.4 is 5.73 Å². The third-order valence-electron chi connectivity index (χ3n) is 3.67. The van der Waals surface area contributed by atoms with Crippen LogP contribution in [-0.4, -0.2) is 37.1 Å². The monoisotopic (exact) mass is 361 g/mol. The predicted octanol–water partition coefficient (Wildman–Crippen LogP) is 1.91. The molecule has 2 heterocycles. The van der Waals surface area contributed by atoms with Crippen LogP contribution in [0.2, 0.25) is 0 Å². The summed E-state index contributed by atoms with van der Waals surface area (Å²) < 4.78 is 25.7. The Morgan fingerprint density at radius 1 is 1.55 bits per heavy atom. The van der Waals surface area contributed by atoms with Crippen LogP contribution in [0.1, 0.15) is 31.0 Å². The average molecular weight is 362 g/mol. The number of aromatic nitrogens is 1. The van der Waals surface area contributed by atoms with E-state index in [1.54, 1.807) is 10.5 Å². The minimum atomic E-state index is -3.09. The zero-order valence-corrected chi connectivity index (χ0v) is 13.9. The van der Waals surface area contributed by atoms with Crippen molar-refractivity contribution < 1.29 is 8.42 Å². The second kappa shape index (κ2) is 6.51. The van der Waals surface area contributed by atoms with E-state index in [4.69, 9.17) is 5.73 Å². The standard InChI is InChI=1S/C13H20BrN3O2S/c1-20(18,19)17-6-2-3-10(9-17)7-12(15)13-5-4-11(14)8-16-13/h4-5,8,10,12H,2-3,6-7,9,15H2,1H3. The Balaban J connectivity index is 1.97. The molecule has 2 rings (SSSR count). The topological polar surface area (TPSA) is 76.3 Å². The van der Waals surface area contributed by atoms with Crippen LogP contribution >= 0.6 is 15.9 Å². The van der Waals surface area contributed by atoms with E-state index in [1.807, 2.05) is 12.1 Å². The predicted molar refractivity (Wildman–Crippen MR) is 82.6 cm³/mol. The lowest BCUT2D eigenvalue weighted by Crippen LogP contribution is -2.40. The van der Waals surface area contributed by atoms with Crippen molar-refractivity contribution in [3.63, 3.8) is 0 Å². The van der Waals surface area contributed by atoms with Crippen LogP contribution in [0.15, 0.2) is 22.8 Å². The molecule has 1 aromatic rings. The van der Waals surface area contributed by atoms with Crippen molar-refractivity contribution in [3.05, 3.63) is 28.5 Å². The highest BCUT2D eigenvalue weighted by atomic mass is 79.9. The summed E-state index contributed by atoms with van der Waals surface area (Å²) in [5.41, 5.74) is 7.04. The minimum absolute atomic E-state index is 0.146. The molecule has 0 aliphatic carbocycles. The summed E-state index contributed by atoms with van der Waals surface area (Å²) in [4.78, 5) is 4.31. The molecule has 1 aromatic heterocycles. The number of halogens is 1. The maximum absolute atomic E-state index is 11.6. The number of rotatable bonds is 4. The van der Waals surface area contributed by atoms with Crippen molar-refractivity contribution in [1.82, 2.24) is 9.29 Å². The van der Waals surface area contributed by atoms with Gasteiger partial charge in [-0.3, -0.25) is 4.98 Å². The van der Waals surface area contributed by atoms with Gasteiger partial charge in [-0.1, -0.05) is 0 Å². The van der Waals surface area contributed by atoms with Gasteiger partial charge < -0.3 is 5.73 Å². The molecule has 0 saturated carbocycles. The number of hydrogen-bond donors (Lipinski definition) is 1. The van der Waals surface area contributed by atoms with Crippen LogP contribution in [0.3, 0.4) is 0 Å². The molecular formula is C13H20BrN3O2S. The Kier molecular flexibility index (Phi) is 5.17. The lowest BCUT2D eigenvalue weighted by atomic mass is 9.91. The van der Waals surface area contributed by atoms with E-state index < -0.39 is 10.0 Å². The van der Waals surface area contributed by atoms with E-state index in [0.29, 0.717) is 19.0 Å². The van der Waals surface area contributed by atoms with Gasteiger partial charge in [0, 0.05) is 29.8 Å². The van der Waals surface area contributed by atoms with Gasteiger partial charge in [0.2, 0.25) is 10.0 Å². The first-order chi connectivity index (χ1) is 9.36. The summed E-state index contributed by atoms with van der Waals surface area (Å²) in [6, 6.07) is 3.69. The average Bonchev–Trinajstić information content (AvgIpc) is 2.38. The summed E-state index contributed by atoms with van der Waals surface area (Å²) in [7, 11) is -3.09. The molecule has 0 aromatic carbocycles. The Morgan fingerprint density at radius 3 is 2.90 bits per heavy atom. The Hall–Kier alpha value is -0.500. The normalized spacial score (nSPS) is 22.6. The third kappa shape index (κ3) is 4.25. The number of nitrogens with two attached hydrogens (primary N) is 1. The first-order valence-corrected chi connectivity index (χ1v) is 9.32. The molecular weight excluding hydrogens is 342 g/mol. The van der Waals surface area contributed by atoms with Crippen molar-refractivity contribution in [2.45, 2.75) is 25.3 Å². The molecule has 5 nitrogen and oxygen atoms in total. The van der Waals surface area contributed by atoms with Gasteiger partial charge in [-0.15, -0.1) is 0 Å². The van der Waals surface area contributed by atoms with Gasteiger partial charge in [-0.05, 0) is 53.2 Å². The maximum atomic E-state index is 11.6. The lowest BCUT2D eigenvalue weighted by Gasteiger charge is -2.32.